The highest BCUT2D eigenvalue weighted by atomic mass is 16.2. The Hall–Kier alpha value is -2.24. The summed E-state index contributed by atoms with van der Waals surface area (Å²) in [5.41, 5.74) is -0.271. The zero-order valence-electron chi connectivity index (χ0n) is 8.79. The molecule has 0 aromatic heterocycles. The molecular weight excluding hydrogens is 212 g/mol. The molecule has 0 fully saturated rings. The molecule has 1 aliphatic carbocycles. The minimum atomic E-state index is -0.593. The van der Waals surface area contributed by atoms with Gasteiger partial charge in [0, 0.05) is 26.0 Å². The van der Waals surface area contributed by atoms with Gasteiger partial charge < -0.3 is 10.6 Å². The molecule has 0 saturated heterocycles. The largest absolute Gasteiger partial charge is 0.323 e. The number of carbonyl (C=O) groups is 4. The summed E-state index contributed by atoms with van der Waals surface area (Å²) >= 11 is 0. The number of hydrogen-bond acceptors (Lipinski definition) is 4. The van der Waals surface area contributed by atoms with E-state index in [0.717, 1.165) is 12.2 Å². The summed E-state index contributed by atoms with van der Waals surface area (Å²) in [7, 11) is 0. The Kier molecular flexibility index (Phi) is 3.34. The molecule has 6 heteroatoms. The SMILES string of the molecule is CC(=O)NC1=CC(=O)C=C(NC(C)=O)C1=O. The van der Waals surface area contributed by atoms with E-state index in [4.69, 9.17) is 0 Å². The molecule has 0 aliphatic heterocycles. The van der Waals surface area contributed by atoms with Crippen LogP contribution >= 0.6 is 0 Å². The third-order valence-corrected chi connectivity index (χ3v) is 1.68. The predicted octanol–water partition coefficient (Wildman–Crippen LogP) is -0.822. The Labute approximate surface area is 91.4 Å². The minimum Gasteiger partial charge on any atom is -0.323 e. The van der Waals surface area contributed by atoms with Gasteiger partial charge in [-0.05, 0) is 0 Å². The standard InChI is InChI=1S/C10H10N2O4/c1-5(13)11-8-3-7(15)4-9(10(8)16)12-6(2)14/h3-4H,1-2H3,(H,11,13)(H,12,14). The summed E-state index contributed by atoms with van der Waals surface area (Å²) < 4.78 is 0. The van der Waals surface area contributed by atoms with Gasteiger partial charge in [0.25, 0.3) is 0 Å². The number of hydrogen-bond donors (Lipinski definition) is 2. The van der Waals surface area contributed by atoms with E-state index in [0.29, 0.717) is 0 Å². The molecule has 84 valence electrons. The number of allylic oxidation sites excluding steroid dienone is 2. The first kappa shape index (κ1) is 11.8. The van der Waals surface area contributed by atoms with Crippen molar-refractivity contribution >= 4 is 23.4 Å². The summed E-state index contributed by atoms with van der Waals surface area (Å²) in [6.45, 7) is 2.43. The smallest absolute Gasteiger partial charge is 0.225 e. The fourth-order valence-electron chi connectivity index (χ4n) is 1.17. The van der Waals surface area contributed by atoms with Crippen molar-refractivity contribution in [1.82, 2.24) is 10.6 Å². The fourth-order valence-corrected chi connectivity index (χ4v) is 1.17. The number of ketones is 2. The lowest BCUT2D eigenvalue weighted by Gasteiger charge is -2.13. The molecule has 16 heavy (non-hydrogen) atoms. The van der Waals surface area contributed by atoms with E-state index in [-0.39, 0.29) is 11.4 Å². The van der Waals surface area contributed by atoms with Gasteiger partial charge in [0.2, 0.25) is 17.6 Å². The summed E-state index contributed by atoms with van der Waals surface area (Å²) in [6, 6.07) is 0. The number of nitrogens with one attached hydrogen (secondary N) is 2. The van der Waals surface area contributed by atoms with Crippen LogP contribution in [0.4, 0.5) is 0 Å². The van der Waals surface area contributed by atoms with Crippen LogP contribution in [0.3, 0.4) is 0 Å². The summed E-state index contributed by atoms with van der Waals surface area (Å²) in [5, 5.41) is 4.45. The molecule has 0 spiro atoms. The Balaban J connectivity index is 2.93. The zero-order chi connectivity index (χ0) is 12.3. The lowest BCUT2D eigenvalue weighted by molar-refractivity contribution is -0.122. The highest BCUT2D eigenvalue weighted by Crippen LogP contribution is 2.08. The quantitative estimate of drug-likeness (QED) is 0.597. The zero-order valence-corrected chi connectivity index (χ0v) is 8.79. The van der Waals surface area contributed by atoms with Gasteiger partial charge in [-0.25, -0.2) is 0 Å². The van der Waals surface area contributed by atoms with Crippen LogP contribution in [0.25, 0.3) is 0 Å². The Morgan fingerprint density at radius 1 is 0.938 bits per heavy atom. The van der Waals surface area contributed by atoms with E-state index in [1.165, 1.54) is 13.8 Å². The second kappa shape index (κ2) is 4.52. The van der Waals surface area contributed by atoms with Gasteiger partial charge in [0.1, 0.15) is 0 Å². The maximum atomic E-state index is 11.6. The molecule has 0 heterocycles. The lowest BCUT2D eigenvalue weighted by Crippen LogP contribution is -2.35. The highest BCUT2D eigenvalue weighted by molar-refractivity contribution is 6.21. The van der Waals surface area contributed by atoms with Crippen LogP contribution in [0.5, 0.6) is 0 Å². The molecule has 0 atom stereocenters. The van der Waals surface area contributed by atoms with E-state index in [1.807, 2.05) is 0 Å². The van der Waals surface area contributed by atoms with Crippen LogP contribution in [0.1, 0.15) is 13.8 Å². The molecule has 0 aromatic carbocycles. The van der Waals surface area contributed by atoms with Crippen molar-refractivity contribution in [2.75, 3.05) is 0 Å². The van der Waals surface area contributed by atoms with Gasteiger partial charge in [0.15, 0.2) is 5.78 Å². The first-order valence-electron chi connectivity index (χ1n) is 4.47. The summed E-state index contributed by atoms with van der Waals surface area (Å²) in [5.74, 6) is -1.98. The molecule has 2 amide bonds. The molecule has 2 N–H and O–H groups in total. The fraction of sp³-hybridized carbons (Fsp3) is 0.200. The van der Waals surface area contributed by atoms with Crippen molar-refractivity contribution < 1.29 is 19.2 Å². The molecule has 0 radical (unpaired) electrons. The van der Waals surface area contributed by atoms with Crippen LogP contribution in [-0.2, 0) is 19.2 Å². The highest BCUT2D eigenvalue weighted by Gasteiger charge is 2.23. The van der Waals surface area contributed by atoms with Gasteiger partial charge in [-0.1, -0.05) is 0 Å². The third-order valence-electron chi connectivity index (χ3n) is 1.68. The predicted molar refractivity (Wildman–Crippen MR) is 53.8 cm³/mol. The molecule has 0 saturated carbocycles. The van der Waals surface area contributed by atoms with Crippen molar-refractivity contribution in [2.24, 2.45) is 0 Å². The maximum Gasteiger partial charge on any atom is 0.225 e. The van der Waals surface area contributed by atoms with Crippen molar-refractivity contribution in [2.45, 2.75) is 13.8 Å². The molecular formula is C10H10N2O4. The normalized spacial score (nSPS) is 15.1. The summed E-state index contributed by atoms with van der Waals surface area (Å²) in [4.78, 5) is 44.4. The average Bonchev–Trinajstić information content (AvgIpc) is 2.11. The molecule has 1 rings (SSSR count). The molecule has 0 unspecified atom stereocenters. The van der Waals surface area contributed by atoms with E-state index in [2.05, 4.69) is 10.6 Å². The van der Waals surface area contributed by atoms with Crippen molar-refractivity contribution in [1.29, 1.82) is 0 Å². The monoisotopic (exact) mass is 222 g/mol. The number of Topliss-reactive ketones (excluding diaryl/α,β-unsaturated/α-hetero) is 1. The Bertz CT molecular complexity index is 408. The molecule has 1 aliphatic rings. The van der Waals surface area contributed by atoms with E-state index in [1.54, 1.807) is 0 Å². The topological polar surface area (TPSA) is 92.3 Å². The van der Waals surface area contributed by atoms with Crippen molar-refractivity contribution in [3.05, 3.63) is 23.5 Å². The molecule has 6 nitrogen and oxygen atoms in total. The first-order valence-corrected chi connectivity index (χ1v) is 4.47. The number of carbonyl (C=O) groups excluding carboxylic acids is 4. The Morgan fingerprint density at radius 3 is 1.62 bits per heavy atom. The van der Waals surface area contributed by atoms with Crippen LogP contribution < -0.4 is 10.6 Å². The van der Waals surface area contributed by atoms with Crippen LogP contribution in [-0.4, -0.2) is 23.4 Å². The lowest BCUT2D eigenvalue weighted by atomic mass is 10.1. The van der Waals surface area contributed by atoms with Crippen LogP contribution in [0.15, 0.2) is 23.5 Å². The van der Waals surface area contributed by atoms with Crippen LogP contribution in [0.2, 0.25) is 0 Å². The number of amides is 2. The van der Waals surface area contributed by atoms with Gasteiger partial charge in [-0.15, -0.1) is 0 Å². The third kappa shape index (κ3) is 2.88. The minimum absolute atomic E-state index is 0.135. The second-order valence-electron chi connectivity index (χ2n) is 3.21. The van der Waals surface area contributed by atoms with Crippen molar-refractivity contribution in [3.63, 3.8) is 0 Å². The van der Waals surface area contributed by atoms with Gasteiger partial charge in [-0.3, -0.25) is 19.2 Å². The van der Waals surface area contributed by atoms with Gasteiger partial charge in [0.05, 0.1) is 11.4 Å². The summed E-state index contributed by atoms with van der Waals surface area (Å²) in [6.07, 6.45) is 2.02. The van der Waals surface area contributed by atoms with Gasteiger partial charge in [-0.2, -0.15) is 0 Å². The van der Waals surface area contributed by atoms with Crippen molar-refractivity contribution in [3.8, 4) is 0 Å². The first-order chi connectivity index (χ1) is 7.40. The van der Waals surface area contributed by atoms with Gasteiger partial charge >= 0.3 is 0 Å². The molecule has 0 bridgehead atoms. The Morgan fingerprint density at radius 2 is 1.31 bits per heavy atom. The van der Waals surface area contributed by atoms with E-state index < -0.39 is 23.4 Å². The van der Waals surface area contributed by atoms with E-state index in [9.17, 15) is 19.2 Å². The number of rotatable bonds is 2. The van der Waals surface area contributed by atoms with E-state index >= 15 is 0 Å². The van der Waals surface area contributed by atoms with Crippen LogP contribution in [0, 0.1) is 0 Å². The molecule has 0 aromatic rings. The maximum absolute atomic E-state index is 11.6. The average molecular weight is 222 g/mol. The second-order valence-corrected chi connectivity index (χ2v) is 3.21.